The molecular formula is C19H20FN3O2. The second-order valence-electron chi connectivity index (χ2n) is 6.18. The quantitative estimate of drug-likeness (QED) is 0.848. The first kappa shape index (κ1) is 17.1. The van der Waals surface area contributed by atoms with E-state index in [1.165, 1.54) is 12.1 Å². The monoisotopic (exact) mass is 341 g/mol. The van der Waals surface area contributed by atoms with Crippen molar-refractivity contribution < 1.29 is 14.0 Å². The normalized spacial score (nSPS) is 13.4. The minimum atomic E-state index is -0.304. The van der Waals surface area contributed by atoms with Crippen molar-refractivity contribution in [2.24, 2.45) is 0 Å². The Labute approximate surface area is 145 Å². The van der Waals surface area contributed by atoms with Gasteiger partial charge in [0.25, 0.3) is 5.91 Å². The molecule has 1 aliphatic rings. The summed E-state index contributed by atoms with van der Waals surface area (Å²) in [5.41, 5.74) is 2.52. The summed E-state index contributed by atoms with van der Waals surface area (Å²) in [4.78, 5) is 28.3. The largest absolute Gasteiger partial charge is 0.353 e. The molecule has 0 atom stereocenters. The lowest BCUT2D eigenvalue weighted by Gasteiger charge is -2.09. The molecule has 2 aromatic rings. The fraction of sp³-hybridized carbons (Fsp3) is 0.316. The van der Waals surface area contributed by atoms with Crippen molar-refractivity contribution in [1.82, 2.24) is 15.6 Å². The highest BCUT2D eigenvalue weighted by atomic mass is 19.1. The van der Waals surface area contributed by atoms with Crippen LogP contribution in [0.4, 0.5) is 4.39 Å². The van der Waals surface area contributed by atoms with Gasteiger partial charge in [-0.1, -0.05) is 0 Å². The number of nitrogens with one attached hydrogen (secondary N) is 2. The van der Waals surface area contributed by atoms with Crippen LogP contribution in [0.1, 0.15) is 35.3 Å². The predicted molar refractivity (Wildman–Crippen MR) is 92.5 cm³/mol. The molecular weight excluding hydrogens is 321 g/mol. The summed E-state index contributed by atoms with van der Waals surface area (Å²) in [6.07, 6.45) is 2.36. The van der Waals surface area contributed by atoms with E-state index in [4.69, 9.17) is 0 Å². The number of nitrogens with zero attached hydrogens (tertiary/aromatic N) is 1. The van der Waals surface area contributed by atoms with E-state index in [1.54, 1.807) is 31.2 Å². The molecule has 0 spiro atoms. The SMILES string of the molecule is Cc1nc(-c2ccc(F)cc2)ccc1C(=O)NCCC(=O)NC1CC1. The number of rotatable bonds is 6. The number of pyridine rings is 1. The van der Waals surface area contributed by atoms with E-state index < -0.39 is 0 Å². The van der Waals surface area contributed by atoms with Crippen LogP contribution < -0.4 is 10.6 Å². The Balaban J connectivity index is 1.58. The number of halogens is 1. The third-order valence-electron chi connectivity index (χ3n) is 4.05. The number of amides is 2. The van der Waals surface area contributed by atoms with E-state index in [0.717, 1.165) is 18.4 Å². The van der Waals surface area contributed by atoms with E-state index >= 15 is 0 Å². The fourth-order valence-electron chi connectivity index (χ4n) is 2.49. The first-order chi connectivity index (χ1) is 12.0. The Morgan fingerprint density at radius 1 is 1.16 bits per heavy atom. The van der Waals surface area contributed by atoms with Gasteiger partial charge in [-0.2, -0.15) is 0 Å². The standard InChI is InChI=1S/C19H20FN3O2/c1-12-16(19(25)21-11-10-18(24)23-15-6-7-15)8-9-17(22-12)13-2-4-14(20)5-3-13/h2-5,8-9,15H,6-7,10-11H2,1H3,(H,21,25)(H,23,24). The zero-order chi connectivity index (χ0) is 17.8. The van der Waals surface area contributed by atoms with Crippen LogP contribution in [0.5, 0.6) is 0 Å². The van der Waals surface area contributed by atoms with Gasteiger partial charge in [0.15, 0.2) is 0 Å². The first-order valence-electron chi connectivity index (χ1n) is 8.34. The van der Waals surface area contributed by atoms with Crippen molar-refractivity contribution in [2.75, 3.05) is 6.54 Å². The minimum absolute atomic E-state index is 0.0377. The highest BCUT2D eigenvalue weighted by Gasteiger charge is 2.22. The molecule has 0 saturated heterocycles. The van der Waals surface area contributed by atoms with E-state index in [2.05, 4.69) is 15.6 Å². The molecule has 0 radical (unpaired) electrons. The van der Waals surface area contributed by atoms with Crippen LogP contribution in [0.3, 0.4) is 0 Å². The van der Waals surface area contributed by atoms with Gasteiger partial charge in [-0.05, 0) is 56.2 Å². The first-order valence-corrected chi connectivity index (χ1v) is 8.34. The smallest absolute Gasteiger partial charge is 0.253 e. The van der Waals surface area contributed by atoms with Gasteiger partial charge in [0.05, 0.1) is 17.0 Å². The van der Waals surface area contributed by atoms with E-state index in [1.807, 2.05) is 0 Å². The van der Waals surface area contributed by atoms with Gasteiger partial charge in [-0.15, -0.1) is 0 Å². The molecule has 2 amide bonds. The molecule has 0 bridgehead atoms. The van der Waals surface area contributed by atoms with Crippen molar-refractivity contribution in [3.8, 4) is 11.3 Å². The second-order valence-corrected chi connectivity index (χ2v) is 6.18. The lowest BCUT2D eigenvalue weighted by molar-refractivity contribution is -0.121. The molecule has 130 valence electrons. The highest BCUT2D eigenvalue weighted by Crippen LogP contribution is 2.20. The van der Waals surface area contributed by atoms with E-state index in [9.17, 15) is 14.0 Å². The maximum Gasteiger partial charge on any atom is 0.253 e. The maximum atomic E-state index is 13.0. The zero-order valence-corrected chi connectivity index (χ0v) is 14.0. The number of benzene rings is 1. The summed E-state index contributed by atoms with van der Waals surface area (Å²) < 4.78 is 13.0. The average Bonchev–Trinajstić information content (AvgIpc) is 3.39. The summed E-state index contributed by atoms with van der Waals surface area (Å²) in [6, 6.07) is 9.80. The summed E-state index contributed by atoms with van der Waals surface area (Å²) >= 11 is 0. The molecule has 1 aromatic heterocycles. The Hall–Kier alpha value is -2.76. The Morgan fingerprint density at radius 3 is 2.52 bits per heavy atom. The summed E-state index contributed by atoms with van der Waals surface area (Å²) in [7, 11) is 0. The molecule has 25 heavy (non-hydrogen) atoms. The van der Waals surface area contributed by atoms with Crippen LogP contribution in [0, 0.1) is 12.7 Å². The lowest BCUT2D eigenvalue weighted by atomic mass is 10.1. The average molecular weight is 341 g/mol. The molecule has 3 rings (SSSR count). The second kappa shape index (κ2) is 7.42. The van der Waals surface area contributed by atoms with Gasteiger partial charge in [-0.25, -0.2) is 4.39 Å². The Bertz CT molecular complexity index is 786. The molecule has 1 aromatic carbocycles. The van der Waals surface area contributed by atoms with Crippen LogP contribution in [-0.2, 0) is 4.79 Å². The molecule has 1 fully saturated rings. The molecule has 1 aliphatic carbocycles. The van der Waals surface area contributed by atoms with Crippen LogP contribution >= 0.6 is 0 Å². The number of aryl methyl sites for hydroxylation is 1. The third kappa shape index (κ3) is 4.62. The fourth-order valence-corrected chi connectivity index (χ4v) is 2.49. The van der Waals surface area contributed by atoms with Crippen LogP contribution in [-0.4, -0.2) is 29.4 Å². The maximum absolute atomic E-state index is 13.0. The van der Waals surface area contributed by atoms with Crippen molar-refractivity contribution >= 4 is 11.8 Å². The van der Waals surface area contributed by atoms with Gasteiger partial charge >= 0.3 is 0 Å². The third-order valence-corrected chi connectivity index (χ3v) is 4.05. The Morgan fingerprint density at radius 2 is 1.88 bits per heavy atom. The molecule has 1 heterocycles. The number of hydrogen-bond acceptors (Lipinski definition) is 3. The van der Waals surface area contributed by atoms with Gasteiger partial charge in [-0.3, -0.25) is 14.6 Å². The number of hydrogen-bond donors (Lipinski definition) is 2. The van der Waals surface area contributed by atoms with Gasteiger partial charge in [0.1, 0.15) is 5.82 Å². The number of aromatic nitrogens is 1. The molecule has 0 unspecified atom stereocenters. The highest BCUT2D eigenvalue weighted by molar-refractivity contribution is 5.95. The van der Waals surface area contributed by atoms with Crippen molar-refractivity contribution in [2.45, 2.75) is 32.2 Å². The predicted octanol–water partition coefficient (Wildman–Crippen LogP) is 2.59. The zero-order valence-electron chi connectivity index (χ0n) is 14.0. The van der Waals surface area contributed by atoms with Gasteiger partial charge in [0.2, 0.25) is 5.91 Å². The van der Waals surface area contributed by atoms with Crippen molar-refractivity contribution in [1.29, 1.82) is 0 Å². The number of carbonyl (C=O) groups is 2. The summed E-state index contributed by atoms with van der Waals surface area (Å²) in [5, 5.41) is 5.62. The van der Waals surface area contributed by atoms with E-state index in [-0.39, 0.29) is 30.6 Å². The Kier molecular flexibility index (Phi) is 5.07. The molecule has 5 nitrogen and oxygen atoms in total. The van der Waals surface area contributed by atoms with E-state index in [0.29, 0.717) is 23.0 Å². The summed E-state index contributed by atoms with van der Waals surface area (Å²) in [5.74, 6) is -0.596. The summed E-state index contributed by atoms with van der Waals surface area (Å²) in [6.45, 7) is 2.04. The van der Waals surface area contributed by atoms with Crippen LogP contribution in [0.2, 0.25) is 0 Å². The molecule has 1 saturated carbocycles. The van der Waals surface area contributed by atoms with Crippen molar-refractivity contribution in [3.05, 3.63) is 53.5 Å². The molecule has 6 heteroatoms. The minimum Gasteiger partial charge on any atom is -0.353 e. The van der Waals surface area contributed by atoms with Gasteiger partial charge in [0, 0.05) is 24.6 Å². The topological polar surface area (TPSA) is 71.1 Å². The van der Waals surface area contributed by atoms with Crippen molar-refractivity contribution in [3.63, 3.8) is 0 Å². The number of carbonyl (C=O) groups excluding carboxylic acids is 2. The van der Waals surface area contributed by atoms with Crippen LogP contribution in [0.25, 0.3) is 11.3 Å². The molecule has 2 N–H and O–H groups in total. The lowest BCUT2D eigenvalue weighted by Crippen LogP contribution is -2.32. The van der Waals surface area contributed by atoms with Gasteiger partial charge < -0.3 is 10.6 Å². The van der Waals surface area contributed by atoms with Crippen LogP contribution in [0.15, 0.2) is 36.4 Å². The molecule has 0 aliphatic heterocycles.